The fourth-order valence-corrected chi connectivity index (χ4v) is 3.09. The zero-order chi connectivity index (χ0) is 15.4. The van der Waals surface area contributed by atoms with Crippen LogP contribution in [0.3, 0.4) is 0 Å². The van der Waals surface area contributed by atoms with Crippen molar-refractivity contribution in [1.82, 2.24) is 5.32 Å². The third kappa shape index (κ3) is 4.17. The molecule has 2 rings (SSSR count). The van der Waals surface area contributed by atoms with E-state index in [9.17, 15) is 4.79 Å². The lowest BCUT2D eigenvalue weighted by atomic mass is 10.0. The number of nitrogens with one attached hydrogen (secondary N) is 1. The number of halogens is 2. The molecule has 0 saturated carbocycles. The van der Waals surface area contributed by atoms with E-state index in [-0.39, 0.29) is 11.9 Å². The molecule has 0 bridgehead atoms. The van der Waals surface area contributed by atoms with Gasteiger partial charge in [0.2, 0.25) is 0 Å². The van der Waals surface area contributed by atoms with Crippen LogP contribution in [0.1, 0.15) is 40.9 Å². The Morgan fingerprint density at radius 2 is 1.81 bits per heavy atom. The van der Waals surface area contributed by atoms with Crippen molar-refractivity contribution in [3.05, 3.63) is 68.1 Å². The summed E-state index contributed by atoms with van der Waals surface area (Å²) in [5.74, 6) is -0.0587. The van der Waals surface area contributed by atoms with Crippen LogP contribution >= 0.6 is 31.9 Å². The van der Waals surface area contributed by atoms with Gasteiger partial charge in [0.15, 0.2) is 0 Å². The highest BCUT2D eigenvalue weighted by Gasteiger charge is 2.16. The zero-order valence-electron chi connectivity index (χ0n) is 12.0. The van der Waals surface area contributed by atoms with Crippen LogP contribution in [0.25, 0.3) is 0 Å². The Hall–Kier alpha value is -1.13. The van der Waals surface area contributed by atoms with Gasteiger partial charge in [-0.3, -0.25) is 4.79 Å². The lowest BCUT2D eigenvalue weighted by Crippen LogP contribution is -2.28. The van der Waals surface area contributed by atoms with Crippen LogP contribution in [-0.4, -0.2) is 5.91 Å². The van der Waals surface area contributed by atoms with Crippen molar-refractivity contribution in [2.75, 3.05) is 0 Å². The Balaban J connectivity index is 2.18. The van der Waals surface area contributed by atoms with E-state index in [0.717, 1.165) is 26.5 Å². The quantitative estimate of drug-likeness (QED) is 0.717. The van der Waals surface area contributed by atoms with Gasteiger partial charge in [0.25, 0.3) is 5.91 Å². The first-order valence-corrected chi connectivity index (χ1v) is 8.42. The van der Waals surface area contributed by atoms with Crippen molar-refractivity contribution < 1.29 is 4.79 Å². The van der Waals surface area contributed by atoms with Gasteiger partial charge in [0.05, 0.1) is 11.6 Å². The van der Waals surface area contributed by atoms with Gasteiger partial charge in [-0.2, -0.15) is 0 Å². The van der Waals surface area contributed by atoms with Gasteiger partial charge in [-0.1, -0.05) is 41.1 Å². The minimum atomic E-state index is -0.0587. The second-order valence-electron chi connectivity index (χ2n) is 4.97. The van der Waals surface area contributed by atoms with Crippen LogP contribution in [0.15, 0.2) is 51.4 Å². The second kappa shape index (κ2) is 7.23. The second-order valence-corrected chi connectivity index (χ2v) is 6.74. The average molecular weight is 411 g/mol. The van der Waals surface area contributed by atoms with Crippen LogP contribution in [0.4, 0.5) is 0 Å². The van der Waals surface area contributed by atoms with E-state index in [1.165, 1.54) is 0 Å². The Labute approximate surface area is 142 Å². The summed E-state index contributed by atoms with van der Waals surface area (Å²) in [5, 5.41) is 3.09. The van der Waals surface area contributed by atoms with Crippen molar-refractivity contribution in [2.45, 2.75) is 26.3 Å². The van der Waals surface area contributed by atoms with Crippen molar-refractivity contribution in [1.29, 1.82) is 0 Å². The summed E-state index contributed by atoms with van der Waals surface area (Å²) in [5.41, 5.74) is 2.90. The largest absolute Gasteiger partial charge is 0.345 e. The first-order valence-electron chi connectivity index (χ1n) is 6.83. The molecular weight excluding hydrogens is 394 g/mol. The molecule has 4 heteroatoms. The lowest BCUT2D eigenvalue weighted by molar-refractivity contribution is 0.0935. The third-order valence-corrected chi connectivity index (χ3v) is 4.54. The molecule has 1 atom stereocenters. The molecule has 0 saturated heterocycles. The standard InChI is InChI=1S/C17H17Br2NO/c1-3-16(12-5-7-13(18)8-6-12)20-17(21)14-9-4-11(2)10-15(14)19/h4-10,16H,3H2,1-2H3,(H,20,21). The number of benzene rings is 2. The summed E-state index contributed by atoms with van der Waals surface area (Å²) in [4.78, 5) is 12.4. The Bertz CT molecular complexity index is 638. The minimum Gasteiger partial charge on any atom is -0.345 e. The third-order valence-electron chi connectivity index (χ3n) is 3.36. The lowest BCUT2D eigenvalue weighted by Gasteiger charge is -2.18. The highest BCUT2D eigenvalue weighted by Crippen LogP contribution is 2.22. The van der Waals surface area contributed by atoms with Gasteiger partial charge in [-0.05, 0) is 64.7 Å². The van der Waals surface area contributed by atoms with Crippen molar-refractivity contribution >= 4 is 37.8 Å². The molecule has 110 valence electrons. The topological polar surface area (TPSA) is 29.1 Å². The highest BCUT2D eigenvalue weighted by atomic mass is 79.9. The highest BCUT2D eigenvalue weighted by molar-refractivity contribution is 9.10. The van der Waals surface area contributed by atoms with Gasteiger partial charge >= 0.3 is 0 Å². The Kier molecular flexibility index (Phi) is 5.59. The van der Waals surface area contributed by atoms with Crippen molar-refractivity contribution in [3.63, 3.8) is 0 Å². The normalized spacial score (nSPS) is 12.0. The van der Waals surface area contributed by atoms with Gasteiger partial charge < -0.3 is 5.32 Å². The van der Waals surface area contributed by atoms with E-state index in [4.69, 9.17) is 0 Å². The molecule has 0 aliphatic heterocycles. The number of hydrogen-bond acceptors (Lipinski definition) is 1. The summed E-state index contributed by atoms with van der Waals surface area (Å²) >= 11 is 6.89. The molecule has 0 aliphatic rings. The van der Waals surface area contributed by atoms with Crippen LogP contribution in [-0.2, 0) is 0 Å². The molecule has 0 spiro atoms. The minimum absolute atomic E-state index is 0.0128. The predicted octanol–water partition coefficient (Wildman–Crippen LogP) is 5.40. The van der Waals surface area contributed by atoms with E-state index in [0.29, 0.717) is 5.56 Å². The first kappa shape index (κ1) is 16.2. The van der Waals surface area contributed by atoms with Crippen molar-refractivity contribution in [2.24, 2.45) is 0 Å². The number of carbonyl (C=O) groups is 1. The molecule has 21 heavy (non-hydrogen) atoms. The molecule has 1 amide bonds. The smallest absolute Gasteiger partial charge is 0.252 e. The fourth-order valence-electron chi connectivity index (χ4n) is 2.16. The summed E-state index contributed by atoms with van der Waals surface area (Å²) in [7, 11) is 0. The van der Waals surface area contributed by atoms with Crippen molar-refractivity contribution in [3.8, 4) is 0 Å². The van der Waals surface area contributed by atoms with Gasteiger partial charge in [0.1, 0.15) is 0 Å². The van der Waals surface area contributed by atoms with E-state index in [1.807, 2.05) is 49.4 Å². The van der Waals surface area contributed by atoms with Crippen LogP contribution < -0.4 is 5.32 Å². The molecule has 1 unspecified atom stereocenters. The predicted molar refractivity (Wildman–Crippen MR) is 93.5 cm³/mol. The summed E-state index contributed by atoms with van der Waals surface area (Å²) < 4.78 is 1.86. The maximum Gasteiger partial charge on any atom is 0.252 e. The van der Waals surface area contributed by atoms with Gasteiger partial charge in [-0.15, -0.1) is 0 Å². The van der Waals surface area contributed by atoms with Crippen LogP contribution in [0.5, 0.6) is 0 Å². The molecule has 2 aromatic rings. The Morgan fingerprint density at radius 3 is 2.38 bits per heavy atom. The molecule has 0 aromatic heterocycles. The van der Waals surface area contributed by atoms with Crippen LogP contribution in [0, 0.1) is 6.92 Å². The fraction of sp³-hybridized carbons (Fsp3) is 0.235. The SMILES string of the molecule is CCC(NC(=O)c1ccc(C)cc1Br)c1ccc(Br)cc1. The zero-order valence-corrected chi connectivity index (χ0v) is 15.2. The van der Waals surface area contributed by atoms with E-state index < -0.39 is 0 Å². The maximum atomic E-state index is 12.4. The number of rotatable bonds is 4. The summed E-state index contributed by atoms with van der Waals surface area (Å²) in [6.07, 6.45) is 0.844. The molecule has 1 N–H and O–H groups in total. The number of amides is 1. The van der Waals surface area contributed by atoms with Gasteiger partial charge in [0, 0.05) is 8.95 Å². The molecular formula is C17H17Br2NO. The maximum absolute atomic E-state index is 12.4. The average Bonchev–Trinajstić information content (AvgIpc) is 2.45. The van der Waals surface area contributed by atoms with E-state index in [2.05, 4.69) is 44.1 Å². The molecule has 0 heterocycles. The Morgan fingerprint density at radius 1 is 1.14 bits per heavy atom. The summed E-state index contributed by atoms with van der Waals surface area (Å²) in [6, 6.07) is 13.8. The molecule has 2 aromatic carbocycles. The van der Waals surface area contributed by atoms with Crippen LogP contribution in [0.2, 0.25) is 0 Å². The number of hydrogen-bond donors (Lipinski definition) is 1. The molecule has 0 aliphatic carbocycles. The first-order chi connectivity index (χ1) is 10.0. The number of aryl methyl sites for hydroxylation is 1. The monoisotopic (exact) mass is 409 g/mol. The molecule has 0 fully saturated rings. The van der Waals surface area contributed by atoms with E-state index in [1.54, 1.807) is 0 Å². The summed E-state index contributed by atoms with van der Waals surface area (Å²) in [6.45, 7) is 4.07. The molecule has 0 radical (unpaired) electrons. The van der Waals surface area contributed by atoms with E-state index >= 15 is 0 Å². The number of carbonyl (C=O) groups excluding carboxylic acids is 1. The van der Waals surface area contributed by atoms with Gasteiger partial charge in [-0.25, -0.2) is 0 Å². The molecule has 2 nitrogen and oxygen atoms in total.